The van der Waals surface area contributed by atoms with Gasteiger partial charge in [0.05, 0.1) is 0 Å². The highest BCUT2D eigenvalue weighted by Gasteiger charge is 2.34. The molecular weight excluding hydrogens is 262 g/mol. The summed E-state index contributed by atoms with van der Waals surface area (Å²) in [5, 5.41) is 8.25. The monoisotopic (exact) mass is 293 g/mol. The molecule has 1 aromatic rings. The summed E-state index contributed by atoms with van der Waals surface area (Å²) in [4.78, 5) is 0. The molecule has 2 unspecified atom stereocenters. The number of thiophene rings is 1. The lowest BCUT2D eigenvalue weighted by Crippen LogP contribution is -2.37. The van der Waals surface area contributed by atoms with Crippen LogP contribution in [0.25, 0.3) is 0 Å². The molecule has 0 aliphatic heterocycles. The van der Waals surface area contributed by atoms with Crippen molar-refractivity contribution in [2.24, 2.45) is 23.2 Å². The predicted molar refractivity (Wildman–Crippen MR) is 90.3 cm³/mol. The predicted octanol–water partition coefficient (Wildman–Crippen LogP) is 4.98. The van der Waals surface area contributed by atoms with Gasteiger partial charge in [0.1, 0.15) is 0 Å². The van der Waals surface area contributed by atoms with Crippen LogP contribution < -0.4 is 5.32 Å². The summed E-state index contributed by atoms with van der Waals surface area (Å²) in [7, 11) is 0. The van der Waals surface area contributed by atoms with Crippen LogP contribution in [0.5, 0.6) is 0 Å². The van der Waals surface area contributed by atoms with Crippen molar-refractivity contribution < 1.29 is 0 Å². The first-order chi connectivity index (χ1) is 9.46. The normalized spacial score (nSPS) is 26.1. The van der Waals surface area contributed by atoms with E-state index in [1.807, 2.05) is 11.3 Å². The van der Waals surface area contributed by atoms with Crippen LogP contribution in [-0.4, -0.2) is 13.1 Å². The Bertz CT molecular complexity index is 380. The van der Waals surface area contributed by atoms with Gasteiger partial charge in [0.15, 0.2) is 0 Å². The van der Waals surface area contributed by atoms with Crippen LogP contribution in [0.4, 0.5) is 0 Å². The van der Waals surface area contributed by atoms with Gasteiger partial charge in [-0.1, -0.05) is 27.7 Å². The van der Waals surface area contributed by atoms with Gasteiger partial charge in [-0.25, -0.2) is 0 Å². The van der Waals surface area contributed by atoms with Crippen LogP contribution >= 0.6 is 11.3 Å². The van der Waals surface area contributed by atoms with Gasteiger partial charge >= 0.3 is 0 Å². The Morgan fingerprint density at radius 1 is 1.35 bits per heavy atom. The fraction of sp³-hybridized carbons (Fsp3) is 0.778. The minimum absolute atomic E-state index is 0.537. The zero-order valence-corrected chi connectivity index (χ0v) is 14.4. The molecule has 0 saturated heterocycles. The van der Waals surface area contributed by atoms with E-state index >= 15 is 0 Å². The molecule has 2 rings (SSSR count). The first-order valence-corrected chi connectivity index (χ1v) is 9.12. The van der Waals surface area contributed by atoms with Crippen molar-refractivity contribution in [3.05, 3.63) is 22.4 Å². The third-order valence-corrected chi connectivity index (χ3v) is 5.44. The lowest BCUT2D eigenvalue weighted by Gasteiger charge is -2.41. The van der Waals surface area contributed by atoms with E-state index in [0.717, 1.165) is 24.3 Å². The number of hydrogen-bond donors (Lipinski definition) is 1. The largest absolute Gasteiger partial charge is 0.316 e. The zero-order valence-electron chi connectivity index (χ0n) is 13.6. The number of hydrogen-bond acceptors (Lipinski definition) is 2. The SMILES string of the molecule is CC(C)CNCC1CCC(C)(C)CC1Cc1ccsc1. The van der Waals surface area contributed by atoms with Gasteiger partial charge in [-0.2, -0.15) is 11.3 Å². The zero-order chi connectivity index (χ0) is 14.6. The average molecular weight is 294 g/mol. The molecule has 0 spiro atoms. The molecular formula is C18H31NS. The summed E-state index contributed by atoms with van der Waals surface area (Å²) in [5.74, 6) is 2.47. The molecule has 1 aliphatic carbocycles. The van der Waals surface area contributed by atoms with Crippen molar-refractivity contribution in [3.63, 3.8) is 0 Å². The Morgan fingerprint density at radius 2 is 2.15 bits per heavy atom. The minimum atomic E-state index is 0.537. The summed E-state index contributed by atoms with van der Waals surface area (Å²) in [6.45, 7) is 11.9. The molecule has 2 heteroatoms. The second-order valence-electron chi connectivity index (χ2n) is 7.81. The fourth-order valence-corrected chi connectivity index (χ4v) is 4.25. The molecule has 1 heterocycles. The summed E-state index contributed by atoms with van der Waals surface area (Å²) >= 11 is 1.84. The van der Waals surface area contributed by atoms with E-state index < -0.39 is 0 Å². The summed E-state index contributed by atoms with van der Waals surface area (Å²) in [5.41, 5.74) is 2.08. The molecule has 0 aromatic carbocycles. The molecule has 1 fully saturated rings. The van der Waals surface area contributed by atoms with Crippen molar-refractivity contribution in [1.82, 2.24) is 5.32 Å². The molecule has 114 valence electrons. The van der Waals surface area contributed by atoms with Crippen molar-refractivity contribution in [3.8, 4) is 0 Å². The summed E-state index contributed by atoms with van der Waals surface area (Å²) in [6.07, 6.45) is 5.45. The molecule has 0 amide bonds. The van der Waals surface area contributed by atoms with Gasteiger partial charge in [0.2, 0.25) is 0 Å². The molecule has 20 heavy (non-hydrogen) atoms. The van der Waals surface area contributed by atoms with Gasteiger partial charge in [0, 0.05) is 0 Å². The molecule has 0 radical (unpaired) electrons. The van der Waals surface area contributed by atoms with E-state index in [2.05, 4.69) is 49.8 Å². The summed E-state index contributed by atoms with van der Waals surface area (Å²) in [6, 6.07) is 2.31. The van der Waals surface area contributed by atoms with E-state index in [0.29, 0.717) is 5.41 Å². The quantitative estimate of drug-likeness (QED) is 0.780. The third kappa shape index (κ3) is 4.89. The molecule has 0 bridgehead atoms. The fourth-order valence-electron chi connectivity index (χ4n) is 3.57. The smallest absolute Gasteiger partial charge is 0.00176 e. The lowest BCUT2D eigenvalue weighted by atomic mass is 9.65. The Hall–Kier alpha value is -0.340. The maximum atomic E-state index is 3.69. The first-order valence-electron chi connectivity index (χ1n) is 8.18. The third-order valence-electron chi connectivity index (χ3n) is 4.71. The average Bonchev–Trinajstić information content (AvgIpc) is 2.84. The first kappa shape index (κ1) is 16.0. The van der Waals surface area contributed by atoms with Gasteiger partial charge in [-0.05, 0) is 84.3 Å². The van der Waals surface area contributed by atoms with E-state index in [4.69, 9.17) is 0 Å². The van der Waals surface area contributed by atoms with Crippen LogP contribution in [-0.2, 0) is 6.42 Å². The minimum Gasteiger partial charge on any atom is -0.316 e. The number of rotatable bonds is 6. The maximum absolute atomic E-state index is 3.69. The molecule has 1 saturated carbocycles. The topological polar surface area (TPSA) is 12.0 Å². The van der Waals surface area contributed by atoms with E-state index in [9.17, 15) is 0 Å². The second kappa shape index (κ2) is 7.09. The van der Waals surface area contributed by atoms with E-state index in [1.165, 1.54) is 32.2 Å². The Kier molecular flexibility index (Phi) is 5.68. The van der Waals surface area contributed by atoms with Gasteiger partial charge in [-0.15, -0.1) is 0 Å². The van der Waals surface area contributed by atoms with Crippen molar-refractivity contribution in [2.45, 2.75) is 53.4 Å². The van der Waals surface area contributed by atoms with Gasteiger partial charge in [-0.3, -0.25) is 0 Å². The van der Waals surface area contributed by atoms with Crippen LogP contribution in [0.2, 0.25) is 0 Å². The van der Waals surface area contributed by atoms with Crippen LogP contribution in [0, 0.1) is 23.2 Å². The van der Waals surface area contributed by atoms with Gasteiger partial charge < -0.3 is 5.32 Å². The highest BCUT2D eigenvalue weighted by Crippen LogP contribution is 2.43. The standard InChI is InChI=1S/C18H31NS/c1-14(2)11-19-12-16-5-7-18(3,4)10-17(16)9-15-6-8-20-13-15/h6,8,13-14,16-17,19H,5,7,9-12H2,1-4H3. The van der Waals surface area contributed by atoms with Crippen LogP contribution in [0.15, 0.2) is 16.8 Å². The molecule has 1 aromatic heterocycles. The second-order valence-corrected chi connectivity index (χ2v) is 8.60. The molecule has 1 aliphatic rings. The highest BCUT2D eigenvalue weighted by molar-refractivity contribution is 7.07. The van der Waals surface area contributed by atoms with Crippen molar-refractivity contribution in [2.75, 3.05) is 13.1 Å². The lowest BCUT2D eigenvalue weighted by molar-refractivity contribution is 0.115. The van der Waals surface area contributed by atoms with Crippen LogP contribution in [0.3, 0.4) is 0 Å². The van der Waals surface area contributed by atoms with E-state index in [1.54, 1.807) is 5.56 Å². The Morgan fingerprint density at radius 3 is 2.80 bits per heavy atom. The molecule has 1 N–H and O–H groups in total. The van der Waals surface area contributed by atoms with Crippen LogP contribution in [0.1, 0.15) is 52.5 Å². The maximum Gasteiger partial charge on any atom is -0.00176 e. The van der Waals surface area contributed by atoms with Crippen molar-refractivity contribution >= 4 is 11.3 Å². The molecule has 2 atom stereocenters. The Labute approximate surface area is 129 Å². The number of nitrogens with one attached hydrogen (secondary N) is 1. The Balaban J connectivity index is 1.93. The summed E-state index contributed by atoms with van der Waals surface area (Å²) < 4.78 is 0. The highest BCUT2D eigenvalue weighted by atomic mass is 32.1. The van der Waals surface area contributed by atoms with Gasteiger partial charge in [0.25, 0.3) is 0 Å². The molecule has 1 nitrogen and oxygen atoms in total. The van der Waals surface area contributed by atoms with E-state index in [-0.39, 0.29) is 0 Å². The van der Waals surface area contributed by atoms with Crippen molar-refractivity contribution in [1.29, 1.82) is 0 Å².